The van der Waals surface area contributed by atoms with E-state index in [9.17, 15) is 0 Å². The van der Waals surface area contributed by atoms with E-state index in [0.717, 1.165) is 37.8 Å². The zero-order chi connectivity index (χ0) is 15.1. The quantitative estimate of drug-likeness (QED) is 0.711. The van der Waals surface area contributed by atoms with Gasteiger partial charge in [-0.25, -0.2) is 0 Å². The minimum absolute atomic E-state index is 0.582. The van der Waals surface area contributed by atoms with Crippen molar-refractivity contribution in [1.29, 1.82) is 0 Å². The van der Waals surface area contributed by atoms with Crippen LogP contribution in [-0.4, -0.2) is 37.7 Å². The molecule has 21 heavy (non-hydrogen) atoms. The molecule has 0 spiro atoms. The van der Waals surface area contributed by atoms with Gasteiger partial charge in [0.25, 0.3) is 0 Å². The van der Waals surface area contributed by atoms with Gasteiger partial charge in [-0.05, 0) is 56.9 Å². The highest BCUT2D eigenvalue weighted by Crippen LogP contribution is 2.15. The predicted octanol–water partition coefficient (Wildman–Crippen LogP) is 2.95. The van der Waals surface area contributed by atoms with Gasteiger partial charge < -0.3 is 19.4 Å². The van der Waals surface area contributed by atoms with Gasteiger partial charge >= 0.3 is 0 Å². The number of hydrogen-bond donors (Lipinski definition) is 1. The molecule has 0 saturated carbocycles. The summed E-state index contributed by atoms with van der Waals surface area (Å²) in [4.78, 5) is 2.47. The molecule has 0 aliphatic carbocycles. The van der Waals surface area contributed by atoms with E-state index >= 15 is 0 Å². The summed E-state index contributed by atoms with van der Waals surface area (Å²) in [5, 5.41) is 3.42. The van der Waals surface area contributed by atoms with E-state index in [-0.39, 0.29) is 0 Å². The SMILES string of the molecule is Cc1cc(COCCN2CCCC2)oc1CNCC(C)C. The first-order valence-electron chi connectivity index (χ1n) is 8.24. The van der Waals surface area contributed by atoms with E-state index in [4.69, 9.17) is 9.15 Å². The fourth-order valence-corrected chi connectivity index (χ4v) is 2.68. The van der Waals surface area contributed by atoms with Crippen molar-refractivity contribution in [1.82, 2.24) is 10.2 Å². The smallest absolute Gasteiger partial charge is 0.130 e. The molecule has 1 aliphatic heterocycles. The van der Waals surface area contributed by atoms with E-state index < -0.39 is 0 Å². The number of nitrogens with one attached hydrogen (secondary N) is 1. The first-order valence-corrected chi connectivity index (χ1v) is 8.24. The number of rotatable bonds is 9. The summed E-state index contributed by atoms with van der Waals surface area (Å²) in [6, 6.07) is 2.10. The molecule has 0 unspecified atom stereocenters. The maximum atomic E-state index is 5.87. The van der Waals surface area contributed by atoms with Crippen molar-refractivity contribution >= 4 is 0 Å². The first-order chi connectivity index (χ1) is 10.1. The Hall–Kier alpha value is -0.840. The summed E-state index contributed by atoms with van der Waals surface area (Å²) in [5.41, 5.74) is 1.21. The van der Waals surface area contributed by atoms with Gasteiger partial charge in [-0.1, -0.05) is 13.8 Å². The molecule has 4 heteroatoms. The first kappa shape index (κ1) is 16.5. The van der Waals surface area contributed by atoms with Gasteiger partial charge in [0.2, 0.25) is 0 Å². The molecule has 2 rings (SSSR count). The van der Waals surface area contributed by atoms with E-state index in [1.54, 1.807) is 0 Å². The molecule has 1 saturated heterocycles. The van der Waals surface area contributed by atoms with Crippen LogP contribution in [0.4, 0.5) is 0 Å². The van der Waals surface area contributed by atoms with Crippen molar-refractivity contribution < 1.29 is 9.15 Å². The van der Waals surface area contributed by atoms with E-state index in [2.05, 4.69) is 37.1 Å². The van der Waals surface area contributed by atoms with Crippen LogP contribution >= 0.6 is 0 Å². The molecule has 0 amide bonds. The fourth-order valence-electron chi connectivity index (χ4n) is 2.68. The van der Waals surface area contributed by atoms with E-state index in [1.165, 1.54) is 31.5 Å². The van der Waals surface area contributed by atoms with Crippen molar-refractivity contribution in [2.24, 2.45) is 5.92 Å². The summed E-state index contributed by atoms with van der Waals surface area (Å²) in [6.45, 7) is 13.2. The minimum atomic E-state index is 0.582. The Morgan fingerprint density at radius 2 is 2.10 bits per heavy atom. The standard InChI is InChI=1S/C17H30N2O2/c1-14(2)11-18-12-17-15(3)10-16(21-17)13-20-9-8-19-6-4-5-7-19/h10,14,18H,4-9,11-13H2,1-3H3. The molecule has 1 aliphatic rings. The van der Waals surface area contributed by atoms with Gasteiger partial charge in [0, 0.05) is 6.54 Å². The second-order valence-corrected chi connectivity index (χ2v) is 6.44. The van der Waals surface area contributed by atoms with Gasteiger partial charge in [-0.2, -0.15) is 0 Å². The molecule has 0 bridgehead atoms. The predicted molar refractivity (Wildman–Crippen MR) is 85.3 cm³/mol. The summed E-state index contributed by atoms with van der Waals surface area (Å²) in [6.07, 6.45) is 2.67. The molecule has 1 aromatic rings. The van der Waals surface area contributed by atoms with Crippen molar-refractivity contribution in [3.8, 4) is 0 Å². The second kappa shape index (κ2) is 8.57. The van der Waals surface area contributed by atoms with Crippen LogP contribution in [0.3, 0.4) is 0 Å². The third-order valence-electron chi connectivity index (χ3n) is 3.90. The maximum Gasteiger partial charge on any atom is 0.130 e. The maximum absolute atomic E-state index is 5.87. The second-order valence-electron chi connectivity index (χ2n) is 6.44. The Morgan fingerprint density at radius 1 is 1.33 bits per heavy atom. The van der Waals surface area contributed by atoms with Crippen LogP contribution in [0.25, 0.3) is 0 Å². The Balaban J connectivity index is 1.66. The van der Waals surface area contributed by atoms with Crippen LogP contribution in [0.1, 0.15) is 43.8 Å². The third-order valence-corrected chi connectivity index (χ3v) is 3.90. The molecule has 1 N–H and O–H groups in total. The fraction of sp³-hybridized carbons (Fsp3) is 0.765. The molecule has 4 nitrogen and oxygen atoms in total. The lowest BCUT2D eigenvalue weighted by atomic mass is 10.2. The highest BCUT2D eigenvalue weighted by molar-refractivity contribution is 5.19. The van der Waals surface area contributed by atoms with Crippen molar-refractivity contribution in [2.75, 3.05) is 32.8 Å². The summed E-state index contributed by atoms with van der Waals surface area (Å²) in [7, 11) is 0. The van der Waals surface area contributed by atoms with Gasteiger partial charge in [0.05, 0.1) is 13.2 Å². The molecule has 0 radical (unpaired) electrons. The average molecular weight is 294 g/mol. The number of aryl methyl sites for hydroxylation is 1. The molecule has 0 atom stereocenters. The van der Waals surface area contributed by atoms with Crippen molar-refractivity contribution in [3.05, 3.63) is 23.2 Å². The Bertz CT molecular complexity index is 409. The van der Waals surface area contributed by atoms with Gasteiger partial charge in [-0.15, -0.1) is 0 Å². The zero-order valence-corrected chi connectivity index (χ0v) is 13.8. The molecule has 1 aromatic heterocycles. The van der Waals surface area contributed by atoms with Crippen LogP contribution in [0.2, 0.25) is 0 Å². The largest absolute Gasteiger partial charge is 0.462 e. The molecular formula is C17H30N2O2. The van der Waals surface area contributed by atoms with E-state index in [0.29, 0.717) is 12.5 Å². The monoisotopic (exact) mass is 294 g/mol. The van der Waals surface area contributed by atoms with E-state index in [1.807, 2.05) is 0 Å². The Morgan fingerprint density at radius 3 is 2.81 bits per heavy atom. The highest BCUT2D eigenvalue weighted by atomic mass is 16.5. The van der Waals surface area contributed by atoms with Crippen LogP contribution in [0, 0.1) is 12.8 Å². The number of likely N-dealkylation sites (tertiary alicyclic amines) is 1. The zero-order valence-electron chi connectivity index (χ0n) is 13.8. The van der Waals surface area contributed by atoms with Crippen LogP contribution in [0.15, 0.2) is 10.5 Å². The highest BCUT2D eigenvalue weighted by Gasteiger charge is 2.11. The number of furan rings is 1. The third kappa shape index (κ3) is 5.81. The van der Waals surface area contributed by atoms with Crippen molar-refractivity contribution in [3.63, 3.8) is 0 Å². The normalized spacial score (nSPS) is 16.2. The average Bonchev–Trinajstić information content (AvgIpc) is 3.05. The Labute approximate surface area is 128 Å². The topological polar surface area (TPSA) is 37.6 Å². The van der Waals surface area contributed by atoms with Crippen LogP contribution in [-0.2, 0) is 17.9 Å². The molecule has 1 fully saturated rings. The number of nitrogens with zero attached hydrogens (tertiary/aromatic N) is 1. The van der Waals surface area contributed by atoms with Crippen LogP contribution in [0.5, 0.6) is 0 Å². The lowest BCUT2D eigenvalue weighted by molar-refractivity contribution is 0.0867. The summed E-state index contributed by atoms with van der Waals surface area (Å²) < 4.78 is 11.6. The van der Waals surface area contributed by atoms with Gasteiger partial charge in [0.15, 0.2) is 0 Å². The van der Waals surface area contributed by atoms with Gasteiger partial charge in [0.1, 0.15) is 18.1 Å². The Kier molecular flexibility index (Phi) is 6.74. The number of ether oxygens (including phenoxy) is 1. The lowest BCUT2D eigenvalue weighted by Crippen LogP contribution is -2.23. The van der Waals surface area contributed by atoms with Crippen molar-refractivity contribution in [2.45, 2.75) is 46.8 Å². The summed E-state index contributed by atoms with van der Waals surface area (Å²) in [5.74, 6) is 2.64. The molecule has 2 heterocycles. The minimum Gasteiger partial charge on any atom is -0.462 e. The number of hydrogen-bond acceptors (Lipinski definition) is 4. The lowest BCUT2D eigenvalue weighted by Gasteiger charge is -2.13. The molecule has 0 aromatic carbocycles. The molecular weight excluding hydrogens is 264 g/mol. The van der Waals surface area contributed by atoms with Crippen LogP contribution < -0.4 is 5.32 Å². The molecule has 120 valence electrons. The summed E-state index contributed by atoms with van der Waals surface area (Å²) >= 11 is 0. The van der Waals surface area contributed by atoms with Gasteiger partial charge in [-0.3, -0.25) is 0 Å².